The summed E-state index contributed by atoms with van der Waals surface area (Å²) in [6.45, 7) is 0.301. The van der Waals surface area contributed by atoms with Gasteiger partial charge in [0.25, 0.3) is 5.54 Å². The summed E-state index contributed by atoms with van der Waals surface area (Å²) >= 11 is 5.84. The third-order valence-electron chi connectivity index (χ3n) is 6.55. The van der Waals surface area contributed by atoms with E-state index in [2.05, 4.69) is 0 Å². The van der Waals surface area contributed by atoms with Crippen molar-refractivity contribution >= 4 is 11.6 Å². The van der Waals surface area contributed by atoms with E-state index in [0.29, 0.717) is 19.4 Å². The lowest BCUT2D eigenvalue weighted by Gasteiger charge is -2.32. The van der Waals surface area contributed by atoms with Crippen molar-refractivity contribution in [3.05, 3.63) is 33.4 Å². The van der Waals surface area contributed by atoms with Crippen molar-refractivity contribution in [1.82, 2.24) is 0 Å². The van der Waals surface area contributed by atoms with Gasteiger partial charge in [-0.3, -0.25) is 10.1 Å². The second-order valence-electron chi connectivity index (χ2n) is 9.29. The van der Waals surface area contributed by atoms with Gasteiger partial charge in [-0.25, -0.2) is 0 Å². The van der Waals surface area contributed by atoms with Gasteiger partial charge in [0.2, 0.25) is 0 Å². The number of allylic oxidation sites excluding steroid dienone is 2. The Bertz CT molecular complexity index is 610. The molecule has 0 heterocycles. The highest BCUT2D eigenvalue weighted by molar-refractivity contribution is 6.31. The molecule has 8 heteroatoms. The summed E-state index contributed by atoms with van der Waals surface area (Å²) in [5.74, 6) is -2.14. The van der Waals surface area contributed by atoms with Crippen LogP contribution in [0.3, 0.4) is 0 Å². The number of rotatable bonds is 19. The van der Waals surface area contributed by atoms with Gasteiger partial charge in [-0.2, -0.15) is 13.2 Å². The molecule has 0 saturated heterocycles. The van der Waals surface area contributed by atoms with E-state index in [1.165, 1.54) is 57.8 Å². The first-order valence-corrected chi connectivity index (χ1v) is 13.0. The first-order chi connectivity index (χ1) is 15.7. The van der Waals surface area contributed by atoms with Gasteiger partial charge < -0.3 is 5.11 Å². The number of unbranched alkanes of at least 4 members (excludes halogenated alkanes) is 15. The highest BCUT2D eigenvalue weighted by Crippen LogP contribution is 2.44. The summed E-state index contributed by atoms with van der Waals surface area (Å²) in [6.07, 6.45) is 15.4. The standard InChI is InChI=1S/C25H41ClF3NO3/c26-22-17-18-23(25(27,28)29)24(21-22,30(32)33)19-15-13-11-9-7-5-3-1-2-4-6-8-10-12-14-16-20-31/h17-18,21,23,31H,1-16,19-20H2. The van der Waals surface area contributed by atoms with E-state index < -0.39 is 22.6 Å². The summed E-state index contributed by atoms with van der Waals surface area (Å²) in [7, 11) is 0. The minimum atomic E-state index is -4.68. The van der Waals surface area contributed by atoms with Gasteiger partial charge in [0.1, 0.15) is 5.92 Å². The number of halogens is 4. The molecule has 0 radical (unpaired) electrons. The van der Waals surface area contributed by atoms with Crippen molar-refractivity contribution < 1.29 is 23.2 Å². The maximum atomic E-state index is 13.4. The van der Waals surface area contributed by atoms with E-state index >= 15 is 0 Å². The molecule has 0 aromatic rings. The van der Waals surface area contributed by atoms with Crippen LogP contribution in [0.4, 0.5) is 13.2 Å². The Morgan fingerprint density at radius 2 is 1.24 bits per heavy atom. The van der Waals surface area contributed by atoms with Gasteiger partial charge in [-0.05, 0) is 18.9 Å². The number of aliphatic hydroxyl groups excluding tert-OH is 1. The molecule has 0 fully saturated rings. The quantitative estimate of drug-likeness (QED) is 0.111. The lowest BCUT2D eigenvalue weighted by atomic mass is 9.76. The van der Waals surface area contributed by atoms with E-state index in [1.54, 1.807) is 0 Å². The summed E-state index contributed by atoms with van der Waals surface area (Å²) in [4.78, 5) is 10.8. The fourth-order valence-electron chi connectivity index (χ4n) is 4.60. The van der Waals surface area contributed by atoms with Crippen LogP contribution in [0.25, 0.3) is 0 Å². The molecule has 0 amide bonds. The van der Waals surface area contributed by atoms with E-state index in [4.69, 9.17) is 16.7 Å². The number of hydrogen-bond acceptors (Lipinski definition) is 3. The third-order valence-corrected chi connectivity index (χ3v) is 6.79. The Kier molecular flexibility index (Phi) is 15.0. The molecule has 0 aliphatic heterocycles. The Morgan fingerprint density at radius 1 is 0.848 bits per heavy atom. The molecule has 2 unspecified atom stereocenters. The number of aliphatic hydroxyl groups is 1. The summed E-state index contributed by atoms with van der Waals surface area (Å²) < 4.78 is 40.2. The predicted molar refractivity (Wildman–Crippen MR) is 128 cm³/mol. The van der Waals surface area contributed by atoms with Crippen LogP contribution >= 0.6 is 11.6 Å². The number of alkyl halides is 3. The van der Waals surface area contributed by atoms with Gasteiger partial charge in [0, 0.05) is 29.1 Å². The van der Waals surface area contributed by atoms with Crippen molar-refractivity contribution in [2.24, 2.45) is 5.92 Å². The van der Waals surface area contributed by atoms with E-state index in [0.717, 1.165) is 50.3 Å². The van der Waals surface area contributed by atoms with Crippen molar-refractivity contribution in [2.45, 2.75) is 121 Å². The maximum absolute atomic E-state index is 13.4. The molecular formula is C25H41ClF3NO3. The lowest BCUT2D eigenvalue weighted by molar-refractivity contribution is -0.573. The van der Waals surface area contributed by atoms with Gasteiger partial charge in [-0.15, -0.1) is 0 Å². The molecule has 4 nitrogen and oxygen atoms in total. The minimum Gasteiger partial charge on any atom is -0.396 e. The molecule has 0 saturated carbocycles. The van der Waals surface area contributed by atoms with Crippen molar-refractivity contribution in [1.29, 1.82) is 0 Å². The van der Waals surface area contributed by atoms with Crippen LogP contribution in [0.2, 0.25) is 0 Å². The van der Waals surface area contributed by atoms with Crippen LogP contribution in [-0.4, -0.2) is 28.4 Å². The molecule has 1 aliphatic carbocycles. The largest absolute Gasteiger partial charge is 0.402 e. The SMILES string of the molecule is O=[N+]([O-])C1(CCCCCCCCCCCCCCCCCCO)C=C(Cl)C=CC1C(F)(F)F. The van der Waals surface area contributed by atoms with Crippen LogP contribution in [0.1, 0.15) is 109 Å². The van der Waals surface area contributed by atoms with Gasteiger partial charge in [-0.1, -0.05) is 108 Å². The van der Waals surface area contributed by atoms with Gasteiger partial charge in [0.15, 0.2) is 0 Å². The van der Waals surface area contributed by atoms with Crippen molar-refractivity contribution in [3.63, 3.8) is 0 Å². The Hall–Kier alpha value is -1.08. The average molecular weight is 496 g/mol. The minimum absolute atomic E-state index is 0.00903. The van der Waals surface area contributed by atoms with Crippen molar-refractivity contribution in [3.8, 4) is 0 Å². The van der Waals surface area contributed by atoms with Crippen LogP contribution in [0.5, 0.6) is 0 Å². The average Bonchev–Trinajstić information content (AvgIpc) is 2.75. The number of nitrogens with zero attached hydrogens (tertiary/aromatic N) is 1. The van der Waals surface area contributed by atoms with Crippen LogP contribution in [0, 0.1) is 16.0 Å². The van der Waals surface area contributed by atoms with E-state index in [1.807, 2.05) is 0 Å². The molecule has 192 valence electrons. The highest BCUT2D eigenvalue weighted by atomic mass is 35.5. The van der Waals surface area contributed by atoms with Gasteiger partial charge >= 0.3 is 6.18 Å². The number of hydrogen-bond donors (Lipinski definition) is 1. The molecule has 2 atom stereocenters. The summed E-state index contributed by atoms with van der Waals surface area (Å²) in [5, 5.41) is 20.4. The Balaban J connectivity index is 2.11. The van der Waals surface area contributed by atoms with E-state index in [9.17, 15) is 23.3 Å². The van der Waals surface area contributed by atoms with Crippen LogP contribution in [-0.2, 0) is 0 Å². The smallest absolute Gasteiger partial charge is 0.396 e. The molecule has 1 N–H and O–H groups in total. The predicted octanol–water partition coefficient (Wildman–Crippen LogP) is 8.50. The molecule has 1 rings (SSSR count). The molecule has 0 bridgehead atoms. The zero-order valence-electron chi connectivity index (χ0n) is 19.8. The second kappa shape index (κ2) is 16.5. The van der Waals surface area contributed by atoms with E-state index in [-0.39, 0.29) is 11.5 Å². The Morgan fingerprint density at radius 3 is 1.61 bits per heavy atom. The zero-order chi connectivity index (χ0) is 24.6. The first-order valence-electron chi connectivity index (χ1n) is 12.6. The molecule has 0 aromatic heterocycles. The Labute approximate surface area is 201 Å². The molecule has 0 spiro atoms. The summed E-state index contributed by atoms with van der Waals surface area (Å²) in [6, 6.07) is 0. The molecular weight excluding hydrogens is 455 g/mol. The second-order valence-corrected chi connectivity index (χ2v) is 9.72. The fraction of sp³-hybridized carbons (Fsp3) is 0.840. The molecule has 0 aromatic carbocycles. The zero-order valence-corrected chi connectivity index (χ0v) is 20.5. The lowest BCUT2D eigenvalue weighted by Crippen LogP contribution is -2.50. The third kappa shape index (κ3) is 11.7. The monoisotopic (exact) mass is 495 g/mol. The summed E-state index contributed by atoms with van der Waals surface area (Å²) in [5.41, 5.74) is -2.20. The first kappa shape index (κ1) is 30.0. The van der Waals surface area contributed by atoms with Crippen LogP contribution < -0.4 is 0 Å². The number of nitro groups is 1. The topological polar surface area (TPSA) is 63.4 Å². The fourth-order valence-corrected chi connectivity index (χ4v) is 4.87. The molecule has 1 aliphatic rings. The maximum Gasteiger partial charge on any atom is 0.402 e. The van der Waals surface area contributed by atoms with Crippen LogP contribution in [0.15, 0.2) is 23.3 Å². The molecule has 33 heavy (non-hydrogen) atoms. The highest BCUT2D eigenvalue weighted by Gasteiger charge is 2.60. The normalized spacial score (nSPS) is 20.8. The van der Waals surface area contributed by atoms with Gasteiger partial charge in [0.05, 0.1) is 0 Å². The van der Waals surface area contributed by atoms with Crippen molar-refractivity contribution in [2.75, 3.05) is 6.61 Å².